The van der Waals surface area contributed by atoms with Gasteiger partial charge in [0.2, 0.25) is 0 Å². The minimum atomic E-state index is -3.23. The predicted octanol–water partition coefficient (Wildman–Crippen LogP) is 0.663. The number of carboxylic acids is 1. The molecule has 1 fully saturated rings. The Morgan fingerprint density at radius 2 is 2.27 bits per heavy atom. The SMILES string of the molecule is O=C(O)C1CCCNC1(F)F. The Bertz CT molecular complexity index is 172. The fourth-order valence-corrected chi connectivity index (χ4v) is 1.14. The molecule has 0 amide bonds. The third kappa shape index (κ3) is 1.65. The normalized spacial score (nSPS) is 29.8. The summed E-state index contributed by atoms with van der Waals surface area (Å²) in [5.74, 6) is -2.99. The highest BCUT2D eigenvalue weighted by atomic mass is 19.3. The molecule has 1 saturated heterocycles. The number of rotatable bonds is 1. The van der Waals surface area contributed by atoms with Crippen LogP contribution in [0.2, 0.25) is 0 Å². The van der Waals surface area contributed by atoms with Gasteiger partial charge >= 0.3 is 12.0 Å². The van der Waals surface area contributed by atoms with Gasteiger partial charge in [-0.25, -0.2) is 0 Å². The van der Waals surface area contributed by atoms with Gasteiger partial charge < -0.3 is 5.11 Å². The number of hydrogen-bond acceptors (Lipinski definition) is 2. The first kappa shape index (κ1) is 8.39. The largest absolute Gasteiger partial charge is 0.481 e. The van der Waals surface area contributed by atoms with Crippen LogP contribution < -0.4 is 5.32 Å². The molecule has 64 valence electrons. The first-order valence-electron chi connectivity index (χ1n) is 3.39. The molecule has 1 unspecified atom stereocenters. The number of piperidine rings is 1. The second kappa shape index (κ2) is 2.73. The van der Waals surface area contributed by atoms with Gasteiger partial charge in [0, 0.05) is 6.54 Å². The number of hydrogen-bond donors (Lipinski definition) is 2. The molecule has 0 aliphatic carbocycles. The Morgan fingerprint density at radius 3 is 2.64 bits per heavy atom. The van der Waals surface area contributed by atoms with Crippen LogP contribution >= 0.6 is 0 Å². The quantitative estimate of drug-likeness (QED) is 0.561. The molecule has 0 spiro atoms. The fraction of sp³-hybridized carbons (Fsp3) is 0.833. The van der Waals surface area contributed by atoms with Gasteiger partial charge in [0.15, 0.2) is 0 Å². The van der Waals surface area contributed by atoms with E-state index in [1.165, 1.54) is 0 Å². The Hall–Kier alpha value is -0.710. The molecule has 1 aliphatic rings. The van der Waals surface area contributed by atoms with E-state index < -0.39 is 17.9 Å². The van der Waals surface area contributed by atoms with Crippen LogP contribution in [0.15, 0.2) is 0 Å². The van der Waals surface area contributed by atoms with Crippen LogP contribution in [0.3, 0.4) is 0 Å². The number of carboxylic acid groups (broad SMARTS) is 1. The van der Waals surface area contributed by atoms with Crippen molar-refractivity contribution in [3.05, 3.63) is 0 Å². The first-order valence-corrected chi connectivity index (χ1v) is 3.39. The summed E-state index contributed by atoms with van der Waals surface area (Å²) in [6, 6.07) is -3.23. The van der Waals surface area contributed by atoms with Gasteiger partial charge in [-0.2, -0.15) is 8.78 Å². The maximum absolute atomic E-state index is 12.6. The zero-order valence-electron chi connectivity index (χ0n) is 5.81. The molecular weight excluding hydrogens is 156 g/mol. The lowest BCUT2D eigenvalue weighted by Gasteiger charge is -2.28. The number of alkyl halides is 2. The maximum Gasteiger partial charge on any atom is 0.315 e. The zero-order valence-corrected chi connectivity index (χ0v) is 5.81. The summed E-state index contributed by atoms with van der Waals surface area (Å²) in [7, 11) is 0. The third-order valence-electron chi connectivity index (χ3n) is 1.77. The number of halogens is 2. The van der Waals surface area contributed by atoms with E-state index in [0.717, 1.165) is 0 Å². The molecule has 1 aliphatic heterocycles. The van der Waals surface area contributed by atoms with Crippen LogP contribution in [-0.2, 0) is 4.79 Å². The van der Waals surface area contributed by atoms with Crippen molar-refractivity contribution in [3.8, 4) is 0 Å². The van der Waals surface area contributed by atoms with E-state index in [1.54, 1.807) is 0 Å². The topological polar surface area (TPSA) is 49.3 Å². The Morgan fingerprint density at radius 1 is 1.64 bits per heavy atom. The molecule has 5 heteroatoms. The summed E-state index contributed by atoms with van der Waals surface area (Å²) < 4.78 is 25.3. The Labute approximate surface area is 62.4 Å². The molecular formula is C6H9F2NO2. The van der Waals surface area contributed by atoms with Crippen molar-refractivity contribution in [2.45, 2.75) is 18.9 Å². The smallest absolute Gasteiger partial charge is 0.315 e. The zero-order chi connectivity index (χ0) is 8.48. The number of aliphatic carboxylic acids is 1. The van der Waals surface area contributed by atoms with Crippen LogP contribution in [-0.4, -0.2) is 23.7 Å². The van der Waals surface area contributed by atoms with E-state index >= 15 is 0 Å². The molecule has 3 nitrogen and oxygen atoms in total. The van der Waals surface area contributed by atoms with E-state index in [9.17, 15) is 13.6 Å². The number of nitrogens with one attached hydrogen (secondary N) is 1. The van der Waals surface area contributed by atoms with Crippen molar-refractivity contribution in [1.82, 2.24) is 5.32 Å². The monoisotopic (exact) mass is 165 g/mol. The Balaban J connectivity index is 2.67. The third-order valence-corrected chi connectivity index (χ3v) is 1.77. The van der Waals surface area contributed by atoms with E-state index in [4.69, 9.17) is 5.11 Å². The van der Waals surface area contributed by atoms with Gasteiger partial charge in [-0.1, -0.05) is 0 Å². The summed E-state index contributed by atoms with van der Waals surface area (Å²) in [6.45, 7) is 0.191. The molecule has 0 bridgehead atoms. The van der Waals surface area contributed by atoms with E-state index in [0.29, 0.717) is 6.42 Å². The average Bonchev–Trinajstić information content (AvgIpc) is 1.85. The van der Waals surface area contributed by atoms with Gasteiger partial charge in [0.1, 0.15) is 5.92 Å². The molecule has 0 saturated carbocycles. The lowest BCUT2D eigenvalue weighted by molar-refractivity contribution is -0.166. The Kier molecular flexibility index (Phi) is 2.08. The van der Waals surface area contributed by atoms with E-state index in [1.807, 2.05) is 5.32 Å². The van der Waals surface area contributed by atoms with Crippen LogP contribution in [0.25, 0.3) is 0 Å². The van der Waals surface area contributed by atoms with Crippen LogP contribution in [0.4, 0.5) is 8.78 Å². The van der Waals surface area contributed by atoms with Crippen molar-refractivity contribution in [2.75, 3.05) is 6.54 Å². The molecule has 0 radical (unpaired) electrons. The standard InChI is InChI=1S/C6H9F2NO2/c7-6(8)4(5(10)11)2-1-3-9-6/h4,9H,1-3H2,(H,10,11). The van der Waals surface area contributed by atoms with Gasteiger partial charge in [-0.05, 0) is 12.8 Å². The van der Waals surface area contributed by atoms with Gasteiger partial charge in [0.25, 0.3) is 0 Å². The van der Waals surface area contributed by atoms with Gasteiger partial charge in [-0.15, -0.1) is 0 Å². The van der Waals surface area contributed by atoms with E-state index in [-0.39, 0.29) is 13.0 Å². The highest BCUT2D eigenvalue weighted by molar-refractivity contribution is 5.71. The molecule has 0 aromatic rings. The molecule has 0 aromatic carbocycles. The minimum absolute atomic E-state index is 0.0509. The molecule has 1 atom stereocenters. The van der Waals surface area contributed by atoms with Crippen LogP contribution in [0.5, 0.6) is 0 Å². The van der Waals surface area contributed by atoms with Crippen molar-refractivity contribution >= 4 is 5.97 Å². The van der Waals surface area contributed by atoms with Crippen molar-refractivity contribution in [1.29, 1.82) is 0 Å². The highest BCUT2D eigenvalue weighted by Crippen LogP contribution is 2.29. The molecule has 1 rings (SSSR count). The van der Waals surface area contributed by atoms with Gasteiger partial charge in [0.05, 0.1) is 0 Å². The second-order valence-electron chi connectivity index (χ2n) is 2.58. The van der Waals surface area contributed by atoms with Gasteiger partial charge in [-0.3, -0.25) is 10.1 Å². The van der Waals surface area contributed by atoms with E-state index in [2.05, 4.69) is 0 Å². The van der Waals surface area contributed by atoms with Crippen molar-refractivity contribution in [3.63, 3.8) is 0 Å². The fourth-order valence-electron chi connectivity index (χ4n) is 1.14. The average molecular weight is 165 g/mol. The predicted molar refractivity (Wildman–Crippen MR) is 33.3 cm³/mol. The summed E-state index contributed by atoms with van der Waals surface area (Å²) in [4.78, 5) is 10.2. The van der Waals surface area contributed by atoms with Crippen LogP contribution in [0, 0.1) is 5.92 Å². The number of carbonyl (C=O) groups is 1. The summed E-state index contributed by atoms with van der Waals surface area (Å²) in [6.07, 6.45) is 0.544. The lowest BCUT2D eigenvalue weighted by atomic mass is 9.97. The van der Waals surface area contributed by atoms with Crippen molar-refractivity contribution in [2.24, 2.45) is 5.92 Å². The second-order valence-corrected chi connectivity index (χ2v) is 2.58. The highest BCUT2D eigenvalue weighted by Gasteiger charge is 2.45. The molecule has 2 N–H and O–H groups in total. The summed E-state index contributed by atoms with van der Waals surface area (Å²) >= 11 is 0. The first-order chi connectivity index (χ1) is 5.04. The van der Waals surface area contributed by atoms with Crippen molar-refractivity contribution < 1.29 is 18.7 Å². The van der Waals surface area contributed by atoms with Crippen LogP contribution in [0.1, 0.15) is 12.8 Å². The molecule has 0 aromatic heterocycles. The maximum atomic E-state index is 12.6. The minimum Gasteiger partial charge on any atom is -0.481 e. The molecule has 11 heavy (non-hydrogen) atoms. The lowest BCUT2D eigenvalue weighted by Crippen LogP contribution is -2.50. The molecule has 1 heterocycles. The summed E-state index contributed by atoms with van der Waals surface area (Å²) in [5, 5.41) is 10.2. The summed E-state index contributed by atoms with van der Waals surface area (Å²) in [5.41, 5.74) is 0.